The van der Waals surface area contributed by atoms with Crippen molar-refractivity contribution in [3.63, 3.8) is 0 Å². The van der Waals surface area contributed by atoms with Crippen LogP contribution in [0.2, 0.25) is 0 Å². The number of Topliss-reactive ketones (excluding diaryl/α,β-unsaturated/α-hetero) is 1. The Morgan fingerprint density at radius 2 is 1.81 bits per heavy atom. The van der Waals surface area contributed by atoms with Crippen LogP contribution in [0.15, 0.2) is 54.1 Å². The summed E-state index contributed by atoms with van der Waals surface area (Å²) < 4.78 is 20.3. The first-order valence-corrected chi connectivity index (χ1v) is 10.4. The third-order valence-electron chi connectivity index (χ3n) is 5.19. The number of carbonyl (C=O) groups is 2. The average molecular weight is 427 g/mol. The number of aliphatic hydroxyl groups is 1. The Morgan fingerprint density at radius 3 is 2.42 bits per heavy atom. The maximum Gasteiger partial charge on any atom is 0.295 e. The third-order valence-corrected chi connectivity index (χ3v) is 5.19. The van der Waals surface area contributed by atoms with E-state index in [1.807, 2.05) is 21.0 Å². The van der Waals surface area contributed by atoms with Crippen LogP contribution in [-0.2, 0) is 9.59 Å². The number of nitrogens with zero attached hydrogens (tertiary/aromatic N) is 1. The summed E-state index contributed by atoms with van der Waals surface area (Å²) in [5.74, 6) is -1.78. The van der Waals surface area contributed by atoms with E-state index in [-0.39, 0.29) is 23.4 Å². The van der Waals surface area contributed by atoms with E-state index in [2.05, 4.69) is 0 Å². The van der Waals surface area contributed by atoms with Crippen molar-refractivity contribution in [3.05, 3.63) is 71.0 Å². The summed E-state index contributed by atoms with van der Waals surface area (Å²) in [7, 11) is 3.85. The molecule has 2 N–H and O–H groups in total. The quantitative estimate of drug-likeness (QED) is 0.385. The second-order valence-electron chi connectivity index (χ2n) is 7.84. The zero-order valence-corrected chi connectivity index (χ0v) is 18.0. The van der Waals surface area contributed by atoms with E-state index in [0.29, 0.717) is 24.5 Å². The van der Waals surface area contributed by atoms with Gasteiger partial charge < -0.3 is 19.6 Å². The molecule has 6 nitrogen and oxygen atoms in total. The number of ketones is 1. The van der Waals surface area contributed by atoms with Crippen LogP contribution in [0.3, 0.4) is 0 Å². The number of halogens is 1. The van der Waals surface area contributed by atoms with Gasteiger partial charge in [0.2, 0.25) is 0 Å². The minimum Gasteiger partial charge on any atom is -0.507 e. The van der Waals surface area contributed by atoms with Crippen LogP contribution >= 0.6 is 0 Å². The van der Waals surface area contributed by atoms with Crippen LogP contribution in [0.5, 0.6) is 5.75 Å². The van der Waals surface area contributed by atoms with Gasteiger partial charge in [-0.15, -0.1) is 0 Å². The van der Waals surface area contributed by atoms with Crippen molar-refractivity contribution >= 4 is 17.4 Å². The molecule has 1 atom stereocenters. The highest BCUT2D eigenvalue weighted by Gasteiger charge is 2.47. The number of likely N-dealkylation sites (tertiary alicyclic amines) is 1. The SMILES string of the molecule is CCCOc1ccc(C(O)=C2C(=O)C(=O)N(CC[NH+](C)C)[C@@H]2c2ccccc2F)cc1. The van der Waals surface area contributed by atoms with Crippen molar-refractivity contribution in [2.24, 2.45) is 0 Å². The highest BCUT2D eigenvalue weighted by Crippen LogP contribution is 2.40. The molecule has 1 aliphatic rings. The van der Waals surface area contributed by atoms with Crippen molar-refractivity contribution in [2.75, 3.05) is 33.8 Å². The van der Waals surface area contributed by atoms with Crippen molar-refractivity contribution < 1.29 is 28.7 Å². The number of hydrogen-bond donors (Lipinski definition) is 2. The number of hydrogen-bond acceptors (Lipinski definition) is 4. The minimum absolute atomic E-state index is 0.105. The molecule has 164 valence electrons. The molecule has 7 heteroatoms. The standard InChI is InChI=1S/C24H27FN2O4/c1-4-15-31-17-11-9-16(10-12-17)22(28)20-21(18-7-5-6-8-19(18)25)27(14-13-26(2)3)24(30)23(20)29/h5-12,21,28H,4,13-15H2,1-3H3/p+1/t21-/m1/s1. The second-order valence-corrected chi connectivity index (χ2v) is 7.84. The smallest absolute Gasteiger partial charge is 0.295 e. The lowest BCUT2D eigenvalue weighted by Crippen LogP contribution is -3.06. The predicted molar refractivity (Wildman–Crippen MR) is 115 cm³/mol. The summed E-state index contributed by atoms with van der Waals surface area (Å²) in [6.45, 7) is 3.39. The molecule has 0 spiro atoms. The summed E-state index contributed by atoms with van der Waals surface area (Å²) in [4.78, 5) is 28.2. The van der Waals surface area contributed by atoms with E-state index in [0.717, 1.165) is 11.3 Å². The lowest BCUT2D eigenvalue weighted by atomic mass is 9.95. The second kappa shape index (κ2) is 9.75. The van der Waals surface area contributed by atoms with E-state index in [1.54, 1.807) is 36.4 Å². The molecule has 0 radical (unpaired) electrons. The fourth-order valence-corrected chi connectivity index (χ4v) is 3.56. The van der Waals surface area contributed by atoms with Crippen LogP contribution in [0.25, 0.3) is 5.76 Å². The molecule has 3 rings (SSSR count). The number of ether oxygens (including phenoxy) is 1. The Hall–Kier alpha value is -3.19. The summed E-state index contributed by atoms with van der Waals surface area (Å²) in [5, 5.41) is 11.0. The van der Waals surface area contributed by atoms with Gasteiger partial charge in [0.15, 0.2) is 0 Å². The van der Waals surface area contributed by atoms with Crippen LogP contribution < -0.4 is 9.64 Å². The molecule has 1 aliphatic heterocycles. The van der Waals surface area contributed by atoms with Gasteiger partial charge in [-0.05, 0) is 36.8 Å². The van der Waals surface area contributed by atoms with Gasteiger partial charge in [0.05, 0.1) is 45.4 Å². The molecule has 31 heavy (non-hydrogen) atoms. The van der Waals surface area contributed by atoms with Crippen molar-refractivity contribution in [1.29, 1.82) is 0 Å². The van der Waals surface area contributed by atoms with Crippen LogP contribution in [0.1, 0.15) is 30.5 Å². The maximum absolute atomic E-state index is 14.7. The predicted octanol–water partition coefficient (Wildman–Crippen LogP) is 2.18. The van der Waals surface area contributed by atoms with E-state index >= 15 is 0 Å². The molecule has 2 aromatic carbocycles. The van der Waals surface area contributed by atoms with Crippen LogP contribution in [-0.4, -0.2) is 55.5 Å². The van der Waals surface area contributed by atoms with Gasteiger partial charge in [0, 0.05) is 11.1 Å². The van der Waals surface area contributed by atoms with Gasteiger partial charge in [0.25, 0.3) is 11.7 Å². The summed E-state index contributed by atoms with van der Waals surface area (Å²) in [5.41, 5.74) is 0.437. The Kier molecular flexibility index (Phi) is 7.07. The number of benzene rings is 2. The third kappa shape index (κ3) is 4.77. The number of aliphatic hydroxyl groups excluding tert-OH is 1. The van der Waals surface area contributed by atoms with Gasteiger partial charge >= 0.3 is 0 Å². The maximum atomic E-state index is 14.7. The van der Waals surface area contributed by atoms with E-state index in [4.69, 9.17) is 4.74 Å². The van der Waals surface area contributed by atoms with Gasteiger partial charge in [-0.2, -0.15) is 0 Å². The fourth-order valence-electron chi connectivity index (χ4n) is 3.56. The molecule has 1 fully saturated rings. The van der Waals surface area contributed by atoms with Crippen LogP contribution in [0, 0.1) is 5.82 Å². The molecule has 0 unspecified atom stereocenters. The molecule has 0 bridgehead atoms. The summed E-state index contributed by atoms with van der Waals surface area (Å²) >= 11 is 0. The number of carbonyl (C=O) groups excluding carboxylic acids is 2. The number of amides is 1. The van der Waals surface area contributed by atoms with Gasteiger partial charge in [-0.25, -0.2) is 4.39 Å². The largest absolute Gasteiger partial charge is 0.507 e. The average Bonchev–Trinajstić information content (AvgIpc) is 3.01. The number of quaternary nitrogens is 1. The van der Waals surface area contributed by atoms with Crippen molar-refractivity contribution in [2.45, 2.75) is 19.4 Å². The molecule has 2 aromatic rings. The zero-order valence-electron chi connectivity index (χ0n) is 18.0. The Balaban J connectivity index is 2.07. The molecule has 1 saturated heterocycles. The minimum atomic E-state index is -0.989. The van der Waals surface area contributed by atoms with Gasteiger partial charge in [-0.3, -0.25) is 9.59 Å². The molecule has 0 saturated carbocycles. The Labute approximate surface area is 181 Å². The number of rotatable bonds is 8. The Bertz CT molecular complexity index is 985. The Morgan fingerprint density at radius 1 is 1.13 bits per heavy atom. The molecule has 1 heterocycles. The lowest BCUT2D eigenvalue weighted by molar-refractivity contribution is -0.857. The highest BCUT2D eigenvalue weighted by atomic mass is 19.1. The molecule has 0 aliphatic carbocycles. The summed E-state index contributed by atoms with van der Waals surface area (Å²) in [6.07, 6.45) is 0.864. The van der Waals surface area contributed by atoms with Gasteiger partial charge in [0.1, 0.15) is 17.3 Å². The van der Waals surface area contributed by atoms with E-state index < -0.39 is 23.5 Å². The van der Waals surface area contributed by atoms with E-state index in [1.165, 1.54) is 17.0 Å². The summed E-state index contributed by atoms with van der Waals surface area (Å²) in [6, 6.07) is 11.6. The van der Waals surface area contributed by atoms with Crippen molar-refractivity contribution in [3.8, 4) is 5.75 Å². The molecule has 1 amide bonds. The number of nitrogens with one attached hydrogen (secondary N) is 1. The lowest BCUT2D eigenvalue weighted by Gasteiger charge is -2.25. The normalized spacial score (nSPS) is 18.1. The zero-order chi connectivity index (χ0) is 22.5. The van der Waals surface area contributed by atoms with E-state index in [9.17, 15) is 19.1 Å². The first kappa shape index (κ1) is 22.5. The van der Waals surface area contributed by atoms with Crippen molar-refractivity contribution in [1.82, 2.24) is 4.90 Å². The topological polar surface area (TPSA) is 71.3 Å². The van der Waals surface area contributed by atoms with Gasteiger partial charge in [-0.1, -0.05) is 25.1 Å². The molecule has 0 aromatic heterocycles. The highest BCUT2D eigenvalue weighted by molar-refractivity contribution is 6.46. The molecular formula is C24H28FN2O4+. The monoisotopic (exact) mass is 427 g/mol. The first-order chi connectivity index (χ1) is 14.8. The first-order valence-electron chi connectivity index (χ1n) is 10.4. The molecular weight excluding hydrogens is 399 g/mol. The number of likely N-dealkylation sites (N-methyl/N-ethyl adjacent to an activating group) is 1. The van der Waals surface area contributed by atoms with Crippen LogP contribution in [0.4, 0.5) is 4.39 Å². The fraction of sp³-hybridized carbons (Fsp3) is 0.333.